The number of hydrogen-bond acceptors (Lipinski definition) is 4. The Morgan fingerprint density at radius 2 is 2.00 bits per heavy atom. The van der Waals surface area contributed by atoms with E-state index in [0.717, 1.165) is 0 Å². The van der Waals surface area contributed by atoms with Gasteiger partial charge >= 0.3 is 11.9 Å². The highest BCUT2D eigenvalue weighted by Crippen LogP contribution is 2.24. The number of nitrogens with two attached hydrogens (primary N) is 1. The summed E-state index contributed by atoms with van der Waals surface area (Å²) in [6, 6.07) is 0. The van der Waals surface area contributed by atoms with Crippen molar-refractivity contribution in [3.8, 4) is 0 Å². The largest absolute Gasteiger partial charge is 0.481 e. The Balaban J connectivity index is 4.89. The number of aliphatic carboxylic acids is 2. The van der Waals surface area contributed by atoms with Crippen LogP contribution in [0.4, 0.5) is 0 Å². The second-order valence-corrected chi connectivity index (χ2v) is 4.37. The van der Waals surface area contributed by atoms with Gasteiger partial charge in [0, 0.05) is 0 Å². The van der Waals surface area contributed by atoms with Crippen LogP contribution in [-0.2, 0) is 9.59 Å². The molecule has 0 aliphatic rings. The van der Waals surface area contributed by atoms with Crippen molar-refractivity contribution in [2.24, 2.45) is 11.7 Å². The van der Waals surface area contributed by atoms with Gasteiger partial charge in [-0.2, -0.15) is 11.8 Å². The van der Waals surface area contributed by atoms with Crippen molar-refractivity contribution in [2.45, 2.75) is 25.3 Å². The van der Waals surface area contributed by atoms with Crippen LogP contribution in [0.1, 0.15) is 19.8 Å². The Morgan fingerprint density at radius 1 is 1.47 bits per heavy atom. The molecule has 88 valence electrons. The summed E-state index contributed by atoms with van der Waals surface area (Å²) in [6.45, 7) is 1.63. The van der Waals surface area contributed by atoms with Crippen LogP contribution in [-0.4, -0.2) is 39.7 Å². The molecular formula is C9H17NO4S. The number of hydrogen-bond donors (Lipinski definition) is 3. The van der Waals surface area contributed by atoms with Gasteiger partial charge in [0.15, 0.2) is 0 Å². The zero-order valence-corrected chi connectivity index (χ0v) is 9.71. The monoisotopic (exact) mass is 235 g/mol. The van der Waals surface area contributed by atoms with E-state index < -0.39 is 23.4 Å². The van der Waals surface area contributed by atoms with Crippen LogP contribution in [0.2, 0.25) is 0 Å². The summed E-state index contributed by atoms with van der Waals surface area (Å²) in [7, 11) is 0. The molecule has 2 unspecified atom stereocenters. The molecule has 2 atom stereocenters. The maximum atomic E-state index is 11.0. The fourth-order valence-electron chi connectivity index (χ4n) is 1.46. The van der Waals surface area contributed by atoms with Gasteiger partial charge in [-0.3, -0.25) is 9.59 Å². The third-order valence-electron chi connectivity index (χ3n) is 2.45. The summed E-state index contributed by atoms with van der Waals surface area (Å²) in [5, 5.41) is 17.9. The average Bonchev–Trinajstić information content (AvgIpc) is 2.14. The lowest BCUT2D eigenvalue weighted by Crippen LogP contribution is -2.56. The summed E-state index contributed by atoms with van der Waals surface area (Å²) >= 11 is 1.45. The van der Waals surface area contributed by atoms with Crippen molar-refractivity contribution in [1.82, 2.24) is 0 Å². The molecule has 6 heteroatoms. The quantitative estimate of drug-likeness (QED) is 0.598. The van der Waals surface area contributed by atoms with Crippen LogP contribution in [0.3, 0.4) is 0 Å². The minimum atomic E-state index is -1.66. The SMILES string of the molecule is CCC(C(=O)O)C(N)(CCSC)C(=O)O. The van der Waals surface area contributed by atoms with E-state index >= 15 is 0 Å². The minimum Gasteiger partial charge on any atom is -0.481 e. The first-order valence-corrected chi connectivity index (χ1v) is 6.03. The Morgan fingerprint density at radius 3 is 2.27 bits per heavy atom. The maximum Gasteiger partial charge on any atom is 0.324 e. The number of carboxylic acid groups (broad SMARTS) is 2. The molecular weight excluding hydrogens is 218 g/mol. The summed E-state index contributed by atoms with van der Waals surface area (Å²) in [5.74, 6) is -2.90. The molecule has 0 radical (unpaired) electrons. The summed E-state index contributed by atoms with van der Waals surface area (Å²) in [4.78, 5) is 21.9. The first-order chi connectivity index (χ1) is 6.90. The van der Waals surface area contributed by atoms with Gasteiger partial charge in [-0.25, -0.2) is 0 Å². The molecule has 0 saturated carbocycles. The fraction of sp³-hybridized carbons (Fsp3) is 0.778. The Labute approximate surface area is 93.0 Å². The van der Waals surface area contributed by atoms with Gasteiger partial charge in [-0.05, 0) is 24.9 Å². The Kier molecular flexibility index (Phi) is 5.67. The molecule has 0 bridgehead atoms. The Bertz CT molecular complexity index is 246. The van der Waals surface area contributed by atoms with Gasteiger partial charge in [0.05, 0.1) is 5.92 Å². The standard InChI is InChI=1S/C9H17NO4S/c1-3-6(7(11)12)9(10,8(13)14)4-5-15-2/h6H,3-5,10H2,1-2H3,(H,11,12)(H,13,14). The third kappa shape index (κ3) is 3.39. The van der Waals surface area contributed by atoms with Crippen molar-refractivity contribution in [3.05, 3.63) is 0 Å². The highest BCUT2D eigenvalue weighted by molar-refractivity contribution is 7.98. The van der Waals surface area contributed by atoms with Crippen molar-refractivity contribution < 1.29 is 19.8 Å². The molecule has 0 spiro atoms. The molecule has 4 N–H and O–H groups in total. The topological polar surface area (TPSA) is 101 Å². The van der Waals surface area contributed by atoms with E-state index in [-0.39, 0.29) is 12.8 Å². The van der Waals surface area contributed by atoms with E-state index in [1.807, 2.05) is 6.26 Å². The van der Waals surface area contributed by atoms with Gasteiger partial charge in [0.1, 0.15) is 5.54 Å². The maximum absolute atomic E-state index is 11.0. The van der Waals surface area contributed by atoms with Crippen molar-refractivity contribution in [3.63, 3.8) is 0 Å². The van der Waals surface area contributed by atoms with Crippen LogP contribution in [0.5, 0.6) is 0 Å². The van der Waals surface area contributed by atoms with Crippen LogP contribution in [0, 0.1) is 5.92 Å². The number of carbonyl (C=O) groups is 2. The van der Waals surface area contributed by atoms with Crippen molar-refractivity contribution >= 4 is 23.7 Å². The molecule has 0 heterocycles. The predicted molar refractivity (Wildman–Crippen MR) is 59.0 cm³/mol. The third-order valence-corrected chi connectivity index (χ3v) is 3.06. The van der Waals surface area contributed by atoms with Gasteiger partial charge in [0.25, 0.3) is 0 Å². The smallest absolute Gasteiger partial charge is 0.324 e. The van der Waals surface area contributed by atoms with Crippen LogP contribution in [0.25, 0.3) is 0 Å². The van der Waals surface area contributed by atoms with E-state index in [1.165, 1.54) is 11.8 Å². The molecule has 15 heavy (non-hydrogen) atoms. The molecule has 0 aliphatic carbocycles. The zero-order chi connectivity index (χ0) is 12.1. The van der Waals surface area contributed by atoms with Crippen molar-refractivity contribution in [2.75, 3.05) is 12.0 Å². The first kappa shape index (κ1) is 14.2. The van der Waals surface area contributed by atoms with E-state index in [9.17, 15) is 9.59 Å². The van der Waals surface area contributed by atoms with E-state index in [0.29, 0.717) is 5.75 Å². The molecule has 0 saturated heterocycles. The van der Waals surface area contributed by atoms with Crippen LogP contribution >= 0.6 is 11.8 Å². The number of thioether (sulfide) groups is 1. The highest BCUT2D eigenvalue weighted by atomic mass is 32.2. The minimum absolute atomic E-state index is 0.161. The molecule has 0 aromatic rings. The van der Waals surface area contributed by atoms with Crippen LogP contribution in [0.15, 0.2) is 0 Å². The second kappa shape index (κ2) is 5.97. The van der Waals surface area contributed by atoms with E-state index in [2.05, 4.69) is 0 Å². The Hall–Kier alpha value is -0.750. The highest BCUT2D eigenvalue weighted by Gasteiger charge is 2.44. The van der Waals surface area contributed by atoms with E-state index in [1.54, 1.807) is 6.92 Å². The van der Waals surface area contributed by atoms with Crippen LogP contribution < -0.4 is 5.73 Å². The van der Waals surface area contributed by atoms with Gasteiger partial charge in [-0.1, -0.05) is 6.92 Å². The molecule has 0 aromatic carbocycles. The van der Waals surface area contributed by atoms with Gasteiger partial charge < -0.3 is 15.9 Å². The zero-order valence-electron chi connectivity index (χ0n) is 8.90. The average molecular weight is 235 g/mol. The van der Waals surface area contributed by atoms with Gasteiger partial charge in [-0.15, -0.1) is 0 Å². The normalized spacial score (nSPS) is 16.7. The first-order valence-electron chi connectivity index (χ1n) is 4.64. The second-order valence-electron chi connectivity index (χ2n) is 3.39. The number of rotatable bonds is 7. The lowest BCUT2D eigenvalue weighted by Gasteiger charge is -2.30. The lowest BCUT2D eigenvalue weighted by molar-refractivity contribution is -0.155. The summed E-state index contributed by atoms with van der Waals surface area (Å²) in [6.07, 6.45) is 2.20. The predicted octanol–water partition coefficient (Wildman–Crippen LogP) is 0.632. The fourth-order valence-corrected chi connectivity index (χ4v) is 2.00. The van der Waals surface area contributed by atoms with Crippen molar-refractivity contribution in [1.29, 1.82) is 0 Å². The number of carboxylic acids is 2. The van der Waals surface area contributed by atoms with E-state index in [4.69, 9.17) is 15.9 Å². The molecule has 0 aromatic heterocycles. The summed E-state index contributed by atoms with van der Waals surface area (Å²) in [5.41, 5.74) is 4.03. The molecule has 0 amide bonds. The molecule has 0 aliphatic heterocycles. The summed E-state index contributed by atoms with van der Waals surface area (Å²) < 4.78 is 0. The molecule has 0 fully saturated rings. The molecule has 5 nitrogen and oxygen atoms in total. The van der Waals surface area contributed by atoms with Gasteiger partial charge in [0.2, 0.25) is 0 Å². The lowest BCUT2D eigenvalue weighted by atomic mass is 9.81. The molecule has 0 rings (SSSR count).